The summed E-state index contributed by atoms with van der Waals surface area (Å²) in [7, 11) is 0. The Balaban J connectivity index is 3.35. The second-order valence-electron chi connectivity index (χ2n) is 2.94. The van der Waals surface area contributed by atoms with Gasteiger partial charge in [-0.25, -0.2) is 0 Å². The number of unbranched alkanes of at least 4 members (excludes halogenated alkanes) is 2. The number of carbonyl (C=O) groups is 2. The average molecular weight is 187 g/mol. The number of ether oxygens (including phenoxy) is 1. The molecule has 1 atom stereocenters. The van der Waals surface area contributed by atoms with Crippen LogP contribution in [-0.2, 0) is 14.3 Å². The van der Waals surface area contributed by atoms with Crippen molar-refractivity contribution in [2.24, 2.45) is 5.73 Å². The molecule has 0 spiro atoms. The summed E-state index contributed by atoms with van der Waals surface area (Å²) in [5.41, 5.74) is 5.23. The molecule has 0 aromatic rings. The first-order valence-corrected chi connectivity index (χ1v) is 4.57. The summed E-state index contributed by atoms with van der Waals surface area (Å²) in [4.78, 5) is 21.0. The van der Waals surface area contributed by atoms with E-state index in [-0.39, 0.29) is 12.6 Å². The maximum atomic E-state index is 10.9. The van der Waals surface area contributed by atoms with Crippen molar-refractivity contribution in [1.82, 2.24) is 0 Å². The highest BCUT2D eigenvalue weighted by atomic mass is 16.5. The Hall–Kier alpha value is -0.900. The smallest absolute Gasteiger partial charge is 0.305 e. The standard InChI is InChI=1S/C9H17NO3/c1-2-3-4-5-9(12)13-7-8(10)6-11/h6,8H,2-5,7,10H2,1H3. The minimum Gasteiger partial charge on any atom is -0.464 e. The minimum absolute atomic E-state index is 0.00550. The van der Waals surface area contributed by atoms with Crippen LogP contribution < -0.4 is 5.73 Å². The molecule has 4 nitrogen and oxygen atoms in total. The van der Waals surface area contributed by atoms with Gasteiger partial charge in [0.15, 0.2) is 0 Å². The SMILES string of the molecule is CCCCCC(=O)OCC(N)C=O. The van der Waals surface area contributed by atoms with E-state index in [0.717, 1.165) is 19.3 Å². The molecule has 0 rings (SSSR count). The fourth-order valence-electron chi connectivity index (χ4n) is 0.820. The summed E-state index contributed by atoms with van der Waals surface area (Å²) in [5, 5.41) is 0. The van der Waals surface area contributed by atoms with Crippen LogP contribution in [0.1, 0.15) is 32.6 Å². The highest BCUT2D eigenvalue weighted by Crippen LogP contribution is 2.00. The summed E-state index contributed by atoms with van der Waals surface area (Å²) < 4.78 is 4.75. The number of nitrogens with two attached hydrogens (primary N) is 1. The lowest BCUT2D eigenvalue weighted by atomic mass is 10.2. The largest absolute Gasteiger partial charge is 0.464 e. The molecular weight excluding hydrogens is 170 g/mol. The van der Waals surface area contributed by atoms with E-state index in [1.807, 2.05) is 0 Å². The fraction of sp³-hybridized carbons (Fsp3) is 0.778. The highest BCUT2D eigenvalue weighted by Gasteiger charge is 2.05. The van der Waals surface area contributed by atoms with Crippen LogP contribution in [0.4, 0.5) is 0 Å². The molecule has 4 heteroatoms. The lowest BCUT2D eigenvalue weighted by Gasteiger charge is -2.05. The number of hydrogen-bond donors (Lipinski definition) is 1. The molecule has 0 amide bonds. The third-order valence-corrected chi connectivity index (χ3v) is 1.60. The van der Waals surface area contributed by atoms with E-state index in [1.165, 1.54) is 0 Å². The van der Waals surface area contributed by atoms with Crippen LogP contribution in [0.2, 0.25) is 0 Å². The van der Waals surface area contributed by atoms with Gasteiger partial charge in [0.05, 0.1) is 6.04 Å². The maximum absolute atomic E-state index is 10.9. The first-order valence-electron chi connectivity index (χ1n) is 4.57. The van der Waals surface area contributed by atoms with Gasteiger partial charge in [-0.05, 0) is 6.42 Å². The molecule has 0 saturated heterocycles. The van der Waals surface area contributed by atoms with Crippen molar-refractivity contribution < 1.29 is 14.3 Å². The van der Waals surface area contributed by atoms with E-state index in [9.17, 15) is 9.59 Å². The second-order valence-corrected chi connectivity index (χ2v) is 2.94. The summed E-state index contributed by atoms with van der Waals surface area (Å²) >= 11 is 0. The van der Waals surface area contributed by atoms with Crippen LogP contribution >= 0.6 is 0 Å². The highest BCUT2D eigenvalue weighted by molar-refractivity contribution is 5.69. The van der Waals surface area contributed by atoms with Crippen molar-refractivity contribution in [3.63, 3.8) is 0 Å². The van der Waals surface area contributed by atoms with Crippen LogP contribution in [0.5, 0.6) is 0 Å². The van der Waals surface area contributed by atoms with Crippen molar-refractivity contribution in [3.8, 4) is 0 Å². The number of hydrogen-bond acceptors (Lipinski definition) is 4. The summed E-state index contributed by atoms with van der Waals surface area (Å²) in [6, 6.07) is -0.685. The van der Waals surface area contributed by atoms with E-state index in [0.29, 0.717) is 12.7 Å². The Kier molecular flexibility index (Phi) is 7.20. The van der Waals surface area contributed by atoms with Crippen molar-refractivity contribution in [2.45, 2.75) is 38.6 Å². The average Bonchev–Trinajstić information content (AvgIpc) is 2.14. The molecule has 0 aromatic heterocycles. The molecule has 1 unspecified atom stereocenters. The molecule has 0 heterocycles. The Bertz CT molecular complexity index is 159. The molecular formula is C9H17NO3. The first-order chi connectivity index (χ1) is 6.20. The van der Waals surface area contributed by atoms with Gasteiger partial charge in [0.25, 0.3) is 0 Å². The van der Waals surface area contributed by atoms with Gasteiger partial charge in [-0.15, -0.1) is 0 Å². The topological polar surface area (TPSA) is 69.4 Å². The number of rotatable bonds is 7. The minimum atomic E-state index is -0.685. The Labute approximate surface area is 78.4 Å². The van der Waals surface area contributed by atoms with E-state index < -0.39 is 6.04 Å². The molecule has 0 saturated carbocycles. The molecule has 0 aliphatic rings. The van der Waals surface area contributed by atoms with Gasteiger partial charge in [0, 0.05) is 6.42 Å². The molecule has 0 aliphatic carbocycles. The Morgan fingerprint density at radius 3 is 2.77 bits per heavy atom. The predicted octanol–water partition coefficient (Wildman–Crippen LogP) is 0.636. The summed E-state index contributed by atoms with van der Waals surface area (Å²) in [5.74, 6) is -0.272. The lowest BCUT2D eigenvalue weighted by Crippen LogP contribution is -2.28. The van der Waals surface area contributed by atoms with Crippen LogP contribution in [0, 0.1) is 0 Å². The number of aldehydes is 1. The van der Waals surface area contributed by atoms with Crippen molar-refractivity contribution in [3.05, 3.63) is 0 Å². The number of carbonyl (C=O) groups excluding carboxylic acids is 2. The third kappa shape index (κ3) is 7.46. The van der Waals surface area contributed by atoms with E-state index in [2.05, 4.69) is 6.92 Å². The van der Waals surface area contributed by atoms with E-state index in [4.69, 9.17) is 10.5 Å². The van der Waals surface area contributed by atoms with Gasteiger partial charge in [-0.3, -0.25) is 4.79 Å². The van der Waals surface area contributed by atoms with Crippen molar-refractivity contribution in [1.29, 1.82) is 0 Å². The van der Waals surface area contributed by atoms with Gasteiger partial charge >= 0.3 is 5.97 Å². The first kappa shape index (κ1) is 12.1. The Morgan fingerprint density at radius 2 is 2.23 bits per heavy atom. The van der Waals surface area contributed by atoms with E-state index >= 15 is 0 Å². The fourth-order valence-corrected chi connectivity index (χ4v) is 0.820. The van der Waals surface area contributed by atoms with Gasteiger partial charge in [0.1, 0.15) is 12.9 Å². The molecule has 0 aliphatic heterocycles. The van der Waals surface area contributed by atoms with Gasteiger partial charge in [-0.2, -0.15) is 0 Å². The van der Waals surface area contributed by atoms with Crippen LogP contribution in [0.25, 0.3) is 0 Å². The molecule has 0 fully saturated rings. The Morgan fingerprint density at radius 1 is 1.54 bits per heavy atom. The normalized spacial score (nSPS) is 12.2. The second kappa shape index (κ2) is 7.73. The van der Waals surface area contributed by atoms with Crippen molar-refractivity contribution >= 4 is 12.3 Å². The summed E-state index contributed by atoms with van der Waals surface area (Å²) in [6.45, 7) is 2.06. The molecule has 0 radical (unpaired) electrons. The lowest BCUT2D eigenvalue weighted by molar-refractivity contribution is -0.144. The monoisotopic (exact) mass is 187 g/mol. The van der Waals surface area contributed by atoms with Gasteiger partial charge in [-0.1, -0.05) is 19.8 Å². The maximum Gasteiger partial charge on any atom is 0.305 e. The number of esters is 1. The molecule has 76 valence electrons. The molecule has 0 bridgehead atoms. The zero-order chi connectivity index (χ0) is 10.1. The van der Waals surface area contributed by atoms with Crippen LogP contribution in [0.15, 0.2) is 0 Å². The summed E-state index contributed by atoms with van der Waals surface area (Å²) in [6.07, 6.45) is 3.92. The van der Waals surface area contributed by atoms with Crippen LogP contribution in [-0.4, -0.2) is 24.9 Å². The van der Waals surface area contributed by atoms with Gasteiger partial charge in [0.2, 0.25) is 0 Å². The van der Waals surface area contributed by atoms with Crippen LogP contribution in [0.3, 0.4) is 0 Å². The zero-order valence-corrected chi connectivity index (χ0v) is 7.99. The molecule has 2 N–H and O–H groups in total. The third-order valence-electron chi connectivity index (χ3n) is 1.60. The van der Waals surface area contributed by atoms with Gasteiger partial charge < -0.3 is 15.3 Å². The predicted molar refractivity (Wildman–Crippen MR) is 49.1 cm³/mol. The quantitative estimate of drug-likeness (QED) is 0.360. The molecule has 13 heavy (non-hydrogen) atoms. The molecule has 0 aromatic carbocycles. The van der Waals surface area contributed by atoms with Crippen molar-refractivity contribution in [2.75, 3.05) is 6.61 Å². The zero-order valence-electron chi connectivity index (χ0n) is 7.99. The van der Waals surface area contributed by atoms with E-state index in [1.54, 1.807) is 0 Å².